The summed E-state index contributed by atoms with van der Waals surface area (Å²) >= 11 is 0. The standard InChI is InChI=1S/C28H37N5O6/c1-19-27(3,25(34)35)24(21-8-6-9-22(18-21)33(38)39)28(26(36)37,20(2)30-19)11-7-13-31-14-16-32(17-15-31)23-10-4-5-12-29-23/h4-6,8-10,12,18-20,24,30H,7,11,13-17H2,1-3H3,(H,34,35)(H,36,37). The average Bonchev–Trinajstić information content (AvgIpc) is 2.92. The highest BCUT2D eigenvalue weighted by Crippen LogP contribution is 2.57. The van der Waals surface area contributed by atoms with Crippen LogP contribution in [0.15, 0.2) is 48.7 Å². The molecule has 210 valence electrons. The van der Waals surface area contributed by atoms with Crippen LogP contribution in [0.4, 0.5) is 11.5 Å². The normalized spacial score (nSPS) is 29.6. The number of carbonyl (C=O) groups is 2. The number of hydrogen-bond donors (Lipinski definition) is 3. The Morgan fingerprint density at radius 2 is 1.79 bits per heavy atom. The quantitative estimate of drug-likeness (QED) is 0.320. The van der Waals surface area contributed by atoms with Crippen molar-refractivity contribution in [2.24, 2.45) is 10.8 Å². The third-order valence-corrected chi connectivity index (χ3v) is 8.97. The van der Waals surface area contributed by atoms with Gasteiger partial charge < -0.3 is 20.4 Å². The van der Waals surface area contributed by atoms with Crippen molar-refractivity contribution < 1.29 is 24.7 Å². The molecule has 0 radical (unpaired) electrons. The lowest BCUT2D eigenvalue weighted by Crippen LogP contribution is -2.68. The van der Waals surface area contributed by atoms with Crippen molar-refractivity contribution in [1.82, 2.24) is 15.2 Å². The molecule has 11 heteroatoms. The van der Waals surface area contributed by atoms with E-state index in [4.69, 9.17) is 0 Å². The lowest BCUT2D eigenvalue weighted by atomic mass is 9.51. The van der Waals surface area contributed by atoms with Gasteiger partial charge >= 0.3 is 11.9 Å². The number of nitrogens with zero attached hydrogens (tertiary/aromatic N) is 4. The maximum absolute atomic E-state index is 13.2. The highest BCUT2D eigenvalue weighted by molar-refractivity contribution is 5.84. The summed E-state index contributed by atoms with van der Waals surface area (Å²) < 4.78 is 0. The molecule has 5 atom stereocenters. The van der Waals surface area contributed by atoms with Crippen molar-refractivity contribution >= 4 is 23.4 Å². The topological polar surface area (TPSA) is 149 Å². The first-order valence-corrected chi connectivity index (χ1v) is 13.4. The molecule has 3 heterocycles. The number of rotatable bonds is 9. The molecule has 2 aliphatic rings. The van der Waals surface area contributed by atoms with Gasteiger partial charge in [-0.1, -0.05) is 18.2 Å². The average molecular weight is 540 g/mol. The van der Waals surface area contributed by atoms with Gasteiger partial charge in [0.15, 0.2) is 0 Å². The van der Waals surface area contributed by atoms with Crippen LogP contribution in [0.2, 0.25) is 0 Å². The molecule has 0 aliphatic carbocycles. The number of nitro benzene ring substituents is 1. The smallest absolute Gasteiger partial charge is 0.311 e. The molecule has 0 spiro atoms. The molecule has 2 fully saturated rings. The summed E-state index contributed by atoms with van der Waals surface area (Å²) in [6.07, 6.45) is 2.53. The number of hydrogen-bond acceptors (Lipinski definition) is 8. The Morgan fingerprint density at radius 3 is 2.38 bits per heavy atom. The number of carboxylic acids is 2. The first-order valence-electron chi connectivity index (χ1n) is 13.4. The van der Waals surface area contributed by atoms with Gasteiger partial charge in [0.05, 0.1) is 15.8 Å². The van der Waals surface area contributed by atoms with E-state index >= 15 is 0 Å². The number of aromatic nitrogens is 1. The third-order valence-electron chi connectivity index (χ3n) is 8.97. The van der Waals surface area contributed by atoms with Gasteiger partial charge in [-0.3, -0.25) is 24.6 Å². The predicted octanol–water partition coefficient (Wildman–Crippen LogP) is 3.22. The molecule has 1 aromatic carbocycles. The number of pyridine rings is 1. The summed E-state index contributed by atoms with van der Waals surface area (Å²) in [7, 11) is 0. The summed E-state index contributed by atoms with van der Waals surface area (Å²) in [5, 5.41) is 36.0. The summed E-state index contributed by atoms with van der Waals surface area (Å²) in [6.45, 7) is 8.97. The minimum absolute atomic E-state index is 0.191. The Kier molecular flexibility index (Phi) is 8.22. The molecule has 39 heavy (non-hydrogen) atoms. The van der Waals surface area contributed by atoms with Crippen LogP contribution in [0, 0.1) is 20.9 Å². The Morgan fingerprint density at radius 1 is 1.08 bits per heavy atom. The maximum Gasteiger partial charge on any atom is 0.311 e. The maximum atomic E-state index is 13.2. The first-order chi connectivity index (χ1) is 18.5. The molecule has 2 saturated heterocycles. The van der Waals surface area contributed by atoms with Crippen molar-refractivity contribution in [3.05, 3.63) is 64.3 Å². The van der Waals surface area contributed by atoms with Gasteiger partial charge in [-0.15, -0.1) is 0 Å². The Hall–Kier alpha value is -3.57. The zero-order valence-corrected chi connectivity index (χ0v) is 22.6. The summed E-state index contributed by atoms with van der Waals surface area (Å²) in [5.41, 5.74) is -2.84. The number of benzene rings is 1. The molecular weight excluding hydrogens is 502 g/mol. The molecule has 4 rings (SSSR count). The zero-order valence-electron chi connectivity index (χ0n) is 22.6. The number of aliphatic carboxylic acids is 2. The number of nitro groups is 1. The second-order valence-corrected chi connectivity index (χ2v) is 10.9. The van der Waals surface area contributed by atoms with Gasteiger partial charge in [0, 0.05) is 62.5 Å². The van der Waals surface area contributed by atoms with Crippen molar-refractivity contribution in [3.63, 3.8) is 0 Å². The molecule has 1 aromatic heterocycles. The lowest BCUT2D eigenvalue weighted by molar-refractivity contribution is -0.385. The number of piperidine rings is 1. The second-order valence-electron chi connectivity index (χ2n) is 10.9. The van der Waals surface area contributed by atoms with Crippen LogP contribution in [0.25, 0.3) is 0 Å². The molecule has 11 nitrogen and oxygen atoms in total. The van der Waals surface area contributed by atoms with Crippen molar-refractivity contribution in [3.8, 4) is 0 Å². The fraction of sp³-hybridized carbons (Fsp3) is 0.536. The van der Waals surface area contributed by atoms with E-state index in [1.807, 2.05) is 18.2 Å². The fourth-order valence-electron chi connectivity index (χ4n) is 6.62. The van der Waals surface area contributed by atoms with E-state index in [1.54, 1.807) is 33.0 Å². The van der Waals surface area contributed by atoms with Gasteiger partial charge in [-0.25, -0.2) is 4.98 Å². The number of piperazine rings is 1. The third kappa shape index (κ3) is 5.20. The fourth-order valence-corrected chi connectivity index (χ4v) is 6.62. The molecule has 2 aromatic rings. The van der Waals surface area contributed by atoms with Crippen LogP contribution < -0.4 is 10.2 Å². The molecular formula is C28H37N5O6. The highest BCUT2D eigenvalue weighted by Gasteiger charge is 2.64. The number of nitrogens with one attached hydrogen (secondary N) is 1. The number of non-ortho nitro benzene ring substituents is 1. The SMILES string of the molecule is CC1NC(C)C(CCCN2CCN(c3ccccn3)CC2)(C(=O)O)C(c2cccc([N+](=O)[O-])c2)C1(C)C(=O)O. The molecule has 0 bridgehead atoms. The highest BCUT2D eigenvalue weighted by atomic mass is 16.6. The molecule has 0 saturated carbocycles. The van der Waals surface area contributed by atoms with Gasteiger partial charge in [0.1, 0.15) is 5.82 Å². The van der Waals surface area contributed by atoms with E-state index in [0.717, 1.165) is 32.0 Å². The molecule has 5 unspecified atom stereocenters. The van der Waals surface area contributed by atoms with E-state index in [-0.39, 0.29) is 12.1 Å². The largest absolute Gasteiger partial charge is 0.481 e. The van der Waals surface area contributed by atoms with Gasteiger partial charge in [0.25, 0.3) is 5.69 Å². The van der Waals surface area contributed by atoms with E-state index in [0.29, 0.717) is 18.5 Å². The minimum atomic E-state index is -1.52. The van der Waals surface area contributed by atoms with E-state index in [2.05, 4.69) is 20.1 Å². The van der Waals surface area contributed by atoms with Crippen LogP contribution in [0.5, 0.6) is 0 Å². The molecule has 0 amide bonds. The minimum Gasteiger partial charge on any atom is -0.481 e. The van der Waals surface area contributed by atoms with Crippen LogP contribution >= 0.6 is 0 Å². The van der Waals surface area contributed by atoms with E-state index < -0.39 is 45.7 Å². The number of anilines is 1. The predicted molar refractivity (Wildman–Crippen MR) is 146 cm³/mol. The van der Waals surface area contributed by atoms with Crippen molar-refractivity contribution in [2.75, 3.05) is 37.6 Å². The second kappa shape index (κ2) is 11.3. The van der Waals surface area contributed by atoms with E-state index in [1.165, 1.54) is 18.2 Å². The summed E-state index contributed by atoms with van der Waals surface area (Å²) in [6, 6.07) is 10.5. The first kappa shape index (κ1) is 28.4. The zero-order chi connectivity index (χ0) is 28.4. The van der Waals surface area contributed by atoms with E-state index in [9.17, 15) is 29.9 Å². The van der Waals surface area contributed by atoms with Gasteiger partial charge in [0.2, 0.25) is 0 Å². The summed E-state index contributed by atoms with van der Waals surface area (Å²) in [5.74, 6) is -2.29. The lowest BCUT2D eigenvalue weighted by Gasteiger charge is -2.56. The van der Waals surface area contributed by atoms with Gasteiger partial charge in [-0.2, -0.15) is 0 Å². The Labute approximate surface area is 228 Å². The van der Waals surface area contributed by atoms with Crippen molar-refractivity contribution in [1.29, 1.82) is 0 Å². The van der Waals surface area contributed by atoms with Crippen molar-refractivity contribution in [2.45, 2.75) is 51.6 Å². The van der Waals surface area contributed by atoms with Crippen LogP contribution in [-0.2, 0) is 9.59 Å². The molecule has 2 aliphatic heterocycles. The van der Waals surface area contributed by atoms with Crippen LogP contribution in [0.3, 0.4) is 0 Å². The Balaban J connectivity index is 1.60. The number of carboxylic acid groups (broad SMARTS) is 2. The van der Waals surface area contributed by atoms with Crippen LogP contribution in [-0.4, -0.2) is 81.8 Å². The van der Waals surface area contributed by atoms with Crippen LogP contribution in [0.1, 0.15) is 45.1 Å². The summed E-state index contributed by atoms with van der Waals surface area (Å²) in [4.78, 5) is 45.9. The van der Waals surface area contributed by atoms with Gasteiger partial charge in [-0.05, 0) is 57.9 Å². The monoisotopic (exact) mass is 539 g/mol. The Bertz CT molecular complexity index is 1200. The molecule has 3 N–H and O–H groups in total.